The molecule has 0 aromatic rings. The Bertz CT molecular complexity index is 301. The zero-order chi connectivity index (χ0) is 26.9. The molecule has 3 nitrogen and oxygen atoms in total. The van der Waals surface area contributed by atoms with E-state index in [9.17, 15) is 4.79 Å². The van der Waals surface area contributed by atoms with Crippen LogP contribution in [0, 0.1) is 0 Å². The number of hydrogen-bond donors (Lipinski definition) is 1. The third-order valence-electron chi connectivity index (χ3n) is 7.87. The lowest BCUT2D eigenvalue weighted by atomic mass is 10.0. The topological polar surface area (TPSA) is 46.5 Å². The highest BCUT2D eigenvalue weighted by atomic mass is 16.6. The number of hydrogen-bond acceptors (Lipinski definition) is 3. The lowest BCUT2D eigenvalue weighted by Gasteiger charge is -2.05. The van der Waals surface area contributed by atoms with Crippen LogP contribution in [-0.2, 0) is 9.53 Å². The van der Waals surface area contributed by atoms with Gasteiger partial charge in [0.25, 0.3) is 0 Å². The molecule has 3 aliphatic carbocycles. The van der Waals surface area contributed by atoms with Gasteiger partial charge in [0, 0.05) is 6.08 Å². The number of carbonyl (C=O) groups is 1. The van der Waals surface area contributed by atoms with Crippen molar-refractivity contribution in [2.24, 2.45) is 0 Å². The van der Waals surface area contributed by atoms with E-state index in [1.165, 1.54) is 193 Å². The number of aliphatic hydroxyl groups is 1. The summed E-state index contributed by atoms with van der Waals surface area (Å²) in [6, 6.07) is 0. The summed E-state index contributed by atoms with van der Waals surface area (Å²) in [6.07, 6.45) is 46.0. The minimum absolute atomic E-state index is 0.579. The van der Waals surface area contributed by atoms with Crippen LogP contribution in [0.4, 0.5) is 0 Å². The third kappa shape index (κ3) is 33.1. The monoisotopic (exact) mass is 523 g/mol. The Labute approximate surface area is 232 Å². The zero-order valence-corrected chi connectivity index (χ0v) is 25.0. The lowest BCUT2D eigenvalue weighted by Crippen LogP contribution is -1.99. The smallest absolute Gasteiger partial charge is 0.332 e. The van der Waals surface area contributed by atoms with Crippen molar-refractivity contribution in [3.8, 4) is 0 Å². The summed E-state index contributed by atoms with van der Waals surface area (Å²) in [5, 5.41) is 7.88. The first-order valence-electron chi connectivity index (χ1n) is 16.7. The van der Waals surface area contributed by atoms with E-state index in [0.717, 1.165) is 6.08 Å². The summed E-state index contributed by atoms with van der Waals surface area (Å²) in [5.41, 5.74) is 0. The van der Waals surface area contributed by atoms with Crippen molar-refractivity contribution < 1.29 is 14.6 Å². The molecule has 0 bridgehead atoms. The normalized spacial score (nSPS) is 20.9. The second kappa shape index (κ2) is 33.2. The third-order valence-corrected chi connectivity index (χ3v) is 7.87. The van der Waals surface area contributed by atoms with E-state index in [1.807, 2.05) is 0 Å². The Morgan fingerprint density at radius 2 is 0.568 bits per heavy atom. The molecule has 0 radical (unpaired) electrons. The van der Waals surface area contributed by atoms with Crippen molar-refractivity contribution in [2.45, 2.75) is 193 Å². The van der Waals surface area contributed by atoms with Gasteiger partial charge < -0.3 is 9.84 Å². The molecule has 0 aromatic carbocycles. The van der Waals surface area contributed by atoms with E-state index in [4.69, 9.17) is 5.11 Å². The number of carbonyl (C=O) groups excluding carboxylic acids is 1. The molecule has 220 valence electrons. The van der Waals surface area contributed by atoms with Crippen LogP contribution >= 0.6 is 0 Å². The Kier molecular flexibility index (Phi) is 32.5. The zero-order valence-electron chi connectivity index (χ0n) is 25.0. The van der Waals surface area contributed by atoms with E-state index in [1.54, 1.807) is 0 Å². The molecule has 3 rings (SSSR count). The predicted molar refractivity (Wildman–Crippen MR) is 162 cm³/mol. The first kappa shape index (κ1) is 36.2. The van der Waals surface area contributed by atoms with Crippen LogP contribution in [0.5, 0.6) is 0 Å². The average molecular weight is 523 g/mol. The molecule has 0 amide bonds. The van der Waals surface area contributed by atoms with Gasteiger partial charge in [-0.2, -0.15) is 0 Å². The Balaban J connectivity index is 0.000000472. The maximum absolute atomic E-state index is 9.91. The van der Waals surface area contributed by atoms with Gasteiger partial charge in [-0.25, -0.2) is 4.79 Å². The molecule has 0 unspecified atom stereocenters. The average Bonchev–Trinajstić information content (AvgIpc) is 2.95. The molecule has 0 saturated heterocycles. The van der Waals surface area contributed by atoms with Gasteiger partial charge in [-0.1, -0.05) is 199 Å². The van der Waals surface area contributed by atoms with Gasteiger partial charge >= 0.3 is 5.97 Å². The van der Waals surface area contributed by atoms with Crippen LogP contribution in [0.25, 0.3) is 0 Å². The van der Waals surface area contributed by atoms with Crippen LogP contribution in [0.3, 0.4) is 0 Å². The van der Waals surface area contributed by atoms with Crippen LogP contribution in [0.2, 0.25) is 0 Å². The summed E-state index contributed by atoms with van der Waals surface area (Å²) in [4.78, 5) is 9.91. The number of aliphatic hydroxyl groups excluding tert-OH is 1. The fraction of sp³-hybridized carbons (Fsp3) is 0.912. The van der Waals surface area contributed by atoms with E-state index in [0.29, 0.717) is 0 Å². The standard InChI is InChI=1S/3C10H20.C4H6O3/c3*1-2-4-6-8-10-9-7-5-3-1;1-2-4(6)7-3-5/h3*1-10H2;2,5H,1,3H2. The number of rotatable bonds is 2. The van der Waals surface area contributed by atoms with Gasteiger partial charge in [0.2, 0.25) is 0 Å². The summed E-state index contributed by atoms with van der Waals surface area (Å²) < 4.78 is 3.99. The molecule has 0 spiro atoms. The quantitative estimate of drug-likeness (QED) is 0.223. The van der Waals surface area contributed by atoms with Crippen LogP contribution in [0.15, 0.2) is 12.7 Å². The van der Waals surface area contributed by atoms with Gasteiger partial charge in [-0.05, 0) is 0 Å². The second-order valence-corrected chi connectivity index (χ2v) is 11.4. The van der Waals surface area contributed by atoms with Gasteiger partial charge in [0.15, 0.2) is 6.79 Å². The van der Waals surface area contributed by atoms with Gasteiger partial charge in [0.1, 0.15) is 0 Å². The van der Waals surface area contributed by atoms with E-state index in [-0.39, 0.29) is 0 Å². The van der Waals surface area contributed by atoms with E-state index < -0.39 is 12.8 Å². The molecular weight excluding hydrogens is 456 g/mol. The lowest BCUT2D eigenvalue weighted by molar-refractivity contribution is -0.145. The second-order valence-electron chi connectivity index (χ2n) is 11.4. The highest BCUT2D eigenvalue weighted by Gasteiger charge is 1.98. The fourth-order valence-corrected chi connectivity index (χ4v) is 5.43. The molecule has 3 aliphatic rings. The van der Waals surface area contributed by atoms with E-state index in [2.05, 4.69) is 11.3 Å². The highest BCUT2D eigenvalue weighted by molar-refractivity contribution is 5.81. The van der Waals surface area contributed by atoms with Crippen LogP contribution in [-0.4, -0.2) is 17.9 Å². The summed E-state index contributed by atoms with van der Waals surface area (Å²) in [7, 11) is 0. The van der Waals surface area contributed by atoms with Crippen molar-refractivity contribution in [1.29, 1.82) is 0 Å². The van der Waals surface area contributed by atoms with Crippen molar-refractivity contribution >= 4 is 5.97 Å². The molecular formula is C34H66O3. The fourth-order valence-electron chi connectivity index (χ4n) is 5.43. The largest absolute Gasteiger partial charge is 0.436 e. The predicted octanol–water partition coefficient (Wildman–Crippen LogP) is 11.4. The summed E-state index contributed by atoms with van der Waals surface area (Å²) >= 11 is 0. The van der Waals surface area contributed by atoms with Gasteiger partial charge in [-0.15, -0.1) is 0 Å². The van der Waals surface area contributed by atoms with Gasteiger partial charge in [0.05, 0.1) is 0 Å². The molecule has 0 aliphatic heterocycles. The summed E-state index contributed by atoms with van der Waals surface area (Å²) in [6.45, 7) is 2.52. The van der Waals surface area contributed by atoms with Crippen molar-refractivity contribution in [3.63, 3.8) is 0 Å². The van der Waals surface area contributed by atoms with Crippen molar-refractivity contribution in [2.75, 3.05) is 6.79 Å². The Morgan fingerprint density at radius 1 is 0.432 bits per heavy atom. The maximum Gasteiger partial charge on any atom is 0.332 e. The highest BCUT2D eigenvalue weighted by Crippen LogP contribution is 2.17. The molecule has 1 N–H and O–H groups in total. The molecule has 0 aromatic heterocycles. The molecule has 0 atom stereocenters. The number of esters is 1. The van der Waals surface area contributed by atoms with Crippen molar-refractivity contribution in [3.05, 3.63) is 12.7 Å². The number of ether oxygens (including phenoxy) is 1. The minimum Gasteiger partial charge on any atom is -0.436 e. The van der Waals surface area contributed by atoms with Gasteiger partial charge in [-0.3, -0.25) is 0 Å². The molecule has 3 fully saturated rings. The SMILES string of the molecule is C1CCCCCCCCC1.C1CCCCCCCCC1.C1CCCCCCCCC1.C=CC(=O)OCO. The van der Waals surface area contributed by atoms with Crippen molar-refractivity contribution in [1.82, 2.24) is 0 Å². The maximum atomic E-state index is 9.91. The Hall–Kier alpha value is -0.830. The molecule has 0 heterocycles. The molecule has 37 heavy (non-hydrogen) atoms. The Morgan fingerprint density at radius 3 is 0.622 bits per heavy atom. The minimum atomic E-state index is -0.609. The van der Waals surface area contributed by atoms with Crippen LogP contribution in [0.1, 0.15) is 193 Å². The first-order chi connectivity index (χ1) is 18.3. The molecule has 3 heteroatoms. The van der Waals surface area contributed by atoms with Crippen LogP contribution < -0.4 is 0 Å². The first-order valence-corrected chi connectivity index (χ1v) is 16.7. The molecule has 3 saturated carbocycles. The van der Waals surface area contributed by atoms with E-state index >= 15 is 0 Å². The summed E-state index contributed by atoms with van der Waals surface area (Å²) in [5.74, 6) is -0.609.